The van der Waals surface area contributed by atoms with Gasteiger partial charge in [-0.3, -0.25) is 0 Å². The van der Waals surface area contributed by atoms with Gasteiger partial charge in [-0.15, -0.1) is 0 Å². The van der Waals surface area contributed by atoms with Crippen molar-refractivity contribution in [2.24, 2.45) is 0 Å². The van der Waals surface area contributed by atoms with Gasteiger partial charge in [0.1, 0.15) is 12.2 Å². The topological polar surface area (TPSA) is 56.8 Å². The van der Waals surface area contributed by atoms with Crippen LogP contribution in [0.5, 0.6) is 0 Å². The third kappa shape index (κ3) is 3.55. The Labute approximate surface area is 130 Å². The second-order valence-electron chi connectivity index (χ2n) is 6.02. The van der Waals surface area contributed by atoms with Gasteiger partial charge in [0.15, 0.2) is 5.79 Å². The highest BCUT2D eigenvalue weighted by atomic mass is 16.7. The zero-order chi connectivity index (χ0) is 15.6. The molecule has 1 fully saturated rings. The standard InChI is InChI=1S/C17H21NO4/c1-17(2)20-11-14(22-17)16(13-8-9-15(19)21-13)18-10-12-6-4-3-5-7-12/h3-9,13-14,16,18H,10-11H2,1-2H3/t13?,14-,16+/m1/s1. The number of cyclic esters (lactones) is 1. The van der Waals surface area contributed by atoms with Gasteiger partial charge in [0.2, 0.25) is 0 Å². The van der Waals surface area contributed by atoms with Gasteiger partial charge in [-0.2, -0.15) is 0 Å². The van der Waals surface area contributed by atoms with Gasteiger partial charge in [-0.05, 0) is 25.5 Å². The molecule has 5 heteroatoms. The van der Waals surface area contributed by atoms with Crippen molar-refractivity contribution in [2.75, 3.05) is 6.61 Å². The summed E-state index contributed by atoms with van der Waals surface area (Å²) < 4.78 is 16.9. The number of hydrogen-bond acceptors (Lipinski definition) is 5. The SMILES string of the molecule is CC1(C)OC[C@H]([C@@H](NCc2ccccc2)C2C=CC(=O)O2)O1. The van der Waals surface area contributed by atoms with Crippen molar-refractivity contribution in [2.45, 2.75) is 44.4 Å². The molecule has 2 aliphatic heterocycles. The van der Waals surface area contributed by atoms with Crippen LogP contribution in [0, 0.1) is 0 Å². The zero-order valence-corrected chi connectivity index (χ0v) is 12.8. The molecule has 118 valence electrons. The highest BCUT2D eigenvalue weighted by Gasteiger charge is 2.41. The summed E-state index contributed by atoms with van der Waals surface area (Å²) in [6.45, 7) is 4.92. The fourth-order valence-electron chi connectivity index (χ4n) is 2.76. The molecule has 2 aliphatic rings. The Balaban J connectivity index is 1.69. The van der Waals surface area contributed by atoms with Crippen LogP contribution in [0.15, 0.2) is 42.5 Å². The minimum absolute atomic E-state index is 0.148. The van der Waals surface area contributed by atoms with Crippen LogP contribution in [0.3, 0.4) is 0 Å². The number of nitrogens with one attached hydrogen (secondary N) is 1. The number of hydrogen-bond donors (Lipinski definition) is 1. The second kappa shape index (κ2) is 6.20. The lowest BCUT2D eigenvalue weighted by Gasteiger charge is -2.28. The van der Waals surface area contributed by atoms with Crippen LogP contribution >= 0.6 is 0 Å². The van der Waals surface area contributed by atoms with E-state index in [9.17, 15) is 4.79 Å². The summed E-state index contributed by atoms with van der Waals surface area (Å²) in [7, 11) is 0. The lowest BCUT2D eigenvalue weighted by atomic mass is 10.0. The molecule has 0 radical (unpaired) electrons. The smallest absolute Gasteiger partial charge is 0.331 e. The van der Waals surface area contributed by atoms with Crippen molar-refractivity contribution in [3.05, 3.63) is 48.0 Å². The molecule has 0 saturated carbocycles. The summed E-state index contributed by atoms with van der Waals surface area (Å²) in [4.78, 5) is 11.4. The predicted molar refractivity (Wildman–Crippen MR) is 81.0 cm³/mol. The van der Waals surface area contributed by atoms with Gasteiger partial charge in [0.25, 0.3) is 0 Å². The van der Waals surface area contributed by atoms with E-state index in [1.807, 2.05) is 32.0 Å². The predicted octanol–water partition coefficient (Wildman–Crippen LogP) is 1.78. The lowest BCUT2D eigenvalue weighted by Crippen LogP contribution is -2.49. The minimum atomic E-state index is -0.607. The van der Waals surface area contributed by atoms with Gasteiger partial charge in [-0.1, -0.05) is 30.3 Å². The van der Waals surface area contributed by atoms with Gasteiger partial charge in [0.05, 0.1) is 12.6 Å². The highest BCUT2D eigenvalue weighted by Crippen LogP contribution is 2.27. The normalized spacial score (nSPS) is 27.8. The monoisotopic (exact) mass is 303 g/mol. The number of benzene rings is 1. The molecule has 5 nitrogen and oxygen atoms in total. The molecular weight excluding hydrogens is 282 g/mol. The summed E-state index contributed by atoms with van der Waals surface area (Å²) in [5.41, 5.74) is 1.17. The van der Waals surface area contributed by atoms with Crippen molar-refractivity contribution in [1.82, 2.24) is 5.32 Å². The van der Waals surface area contributed by atoms with Gasteiger partial charge >= 0.3 is 5.97 Å². The van der Waals surface area contributed by atoms with Crippen LogP contribution in [0.2, 0.25) is 0 Å². The average molecular weight is 303 g/mol. The van der Waals surface area contributed by atoms with E-state index in [0.717, 1.165) is 0 Å². The summed E-state index contributed by atoms with van der Waals surface area (Å²) in [5.74, 6) is -0.918. The Morgan fingerprint density at radius 2 is 2.09 bits per heavy atom. The summed E-state index contributed by atoms with van der Waals surface area (Å²) in [6, 6.07) is 9.94. The fourth-order valence-corrected chi connectivity index (χ4v) is 2.76. The van der Waals surface area contributed by atoms with Crippen LogP contribution < -0.4 is 5.32 Å². The van der Waals surface area contributed by atoms with E-state index in [0.29, 0.717) is 13.2 Å². The molecule has 3 atom stereocenters. The molecule has 1 aromatic carbocycles. The van der Waals surface area contributed by atoms with E-state index in [-0.39, 0.29) is 24.2 Å². The van der Waals surface area contributed by atoms with Gasteiger partial charge in [-0.25, -0.2) is 4.79 Å². The van der Waals surface area contributed by atoms with E-state index >= 15 is 0 Å². The van der Waals surface area contributed by atoms with E-state index in [2.05, 4.69) is 17.4 Å². The molecular formula is C17H21NO4. The zero-order valence-electron chi connectivity index (χ0n) is 12.8. The lowest BCUT2D eigenvalue weighted by molar-refractivity contribution is -0.150. The Bertz CT molecular complexity index is 555. The van der Waals surface area contributed by atoms with Crippen LogP contribution in [0.4, 0.5) is 0 Å². The van der Waals surface area contributed by atoms with Crippen molar-refractivity contribution in [1.29, 1.82) is 0 Å². The summed E-state index contributed by atoms with van der Waals surface area (Å²) >= 11 is 0. The first-order chi connectivity index (χ1) is 10.5. The van der Waals surface area contributed by atoms with E-state index < -0.39 is 5.79 Å². The first kappa shape index (κ1) is 15.2. The molecule has 1 unspecified atom stereocenters. The molecule has 0 spiro atoms. The number of esters is 1. The summed E-state index contributed by atoms with van der Waals surface area (Å²) in [5, 5.41) is 3.44. The molecule has 0 bridgehead atoms. The van der Waals surface area contributed by atoms with E-state index in [1.165, 1.54) is 11.6 Å². The maximum absolute atomic E-state index is 11.4. The van der Waals surface area contributed by atoms with Crippen LogP contribution in [0.1, 0.15) is 19.4 Å². The first-order valence-electron chi connectivity index (χ1n) is 7.51. The molecule has 1 saturated heterocycles. The average Bonchev–Trinajstić information content (AvgIpc) is 3.07. The van der Waals surface area contributed by atoms with Crippen molar-refractivity contribution < 1.29 is 19.0 Å². The number of carbonyl (C=O) groups is 1. The third-order valence-electron chi connectivity index (χ3n) is 3.84. The van der Waals surface area contributed by atoms with E-state index in [4.69, 9.17) is 14.2 Å². The van der Waals surface area contributed by atoms with Crippen LogP contribution in [-0.2, 0) is 25.5 Å². The Morgan fingerprint density at radius 1 is 1.32 bits per heavy atom. The molecule has 1 N–H and O–H groups in total. The number of rotatable bonds is 5. The van der Waals surface area contributed by atoms with Crippen LogP contribution in [-0.4, -0.2) is 36.6 Å². The van der Waals surface area contributed by atoms with Crippen LogP contribution in [0.25, 0.3) is 0 Å². The van der Waals surface area contributed by atoms with Crippen molar-refractivity contribution in [3.63, 3.8) is 0 Å². The first-order valence-corrected chi connectivity index (χ1v) is 7.51. The fraction of sp³-hybridized carbons (Fsp3) is 0.471. The molecule has 0 amide bonds. The second-order valence-corrected chi connectivity index (χ2v) is 6.02. The Kier molecular flexibility index (Phi) is 4.29. The molecule has 0 aliphatic carbocycles. The maximum atomic E-state index is 11.4. The van der Waals surface area contributed by atoms with Gasteiger partial charge < -0.3 is 19.5 Å². The Hall–Kier alpha value is -1.69. The number of carbonyl (C=O) groups excluding carboxylic acids is 1. The highest BCUT2D eigenvalue weighted by molar-refractivity contribution is 5.84. The van der Waals surface area contributed by atoms with Gasteiger partial charge in [0, 0.05) is 12.6 Å². The Morgan fingerprint density at radius 3 is 2.68 bits per heavy atom. The van der Waals surface area contributed by atoms with Crippen molar-refractivity contribution >= 4 is 5.97 Å². The molecule has 2 heterocycles. The molecule has 1 aromatic rings. The third-order valence-corrected chi connectivity index (χ3v) is 3.84. The molecule has 3 rings (SSSR count). The minimum Gasteiger partial charge on any atom is -0.453 e. The summed E-state index contributed by atoms with van der Waals surface area (Å²) in [6.07, 6.45) is 2.74. The largest absolute Gasteiger partial charge is 0.453 e. The molecule has 0 aromatic heterocycles. The molecule has 22 heavy (non-hydrogen) atoms. The maximum Gasteiger partial charge on any atom is 0.331 e. The van der Waals surface area contributed by atoms with Crippen molar-refractivity contribution in [3.8, 4) is 0 Å². The number of ether oxygens (including phenoxy) is 3. The van der Waals surface area contributed by atoms with E-state index in [1.54, 1.807) is 6.08 Å². The quantitative estimate of drug-likeness (QED) is 0.840.